The van der Waals surface area contributed by atoms with Crippen molar-refractivity contribution in [2.24, 2.45) is 0 Å². The lowest BCUT2D eigenvalue weighted by molar-refractivity contribution is -0.274. The van der Waals surface area contributed by atoms with Gasteiger partial charge >= 0.3 is 6.36 Å². The summed E-state index contributed by atoms with van der Waals surface area (Å²) in [5.74, 6) is -0.268. The Balaban J connectivity index is 2.05. The Labute approximate surface area is 133 Å². The van der Waals surface area contributed by atoms with E-state index in [9.17, 15) is 18.3 Å². The second-order valence-electron chi connectivity index (χ2n) is 4.43. The van der Waals surface area contributed by atoms with Crippen molar-refractivity contribution >= 4 is 22.6 Å². The minimum atomic E-state index is -4.69. The Morgan fingerprint density at radius 3 is 2.24 bits per heavy atom. The van der Waals surface area contributed by atoms with Gasteiger partial charge in [-0.2, -0.15) is 0 Å². The molecule has 0 spiro atoms. The lowest BCUT2D eigenvalue weighted by atomic mass is 10.0. The molecule has 0 aliphatic carbocycles. The number of aliphatic hydroxyl groups is 1. The first kappa shape index (κ1) is 16.1. The zero-order chi connectivity index (χ0) is 15.5. The van der Waals surface area contributed by atoms with Gasteiger partial charge in [-0.25, -0.2) is 0 Å². The van der Waals surface area contributed by atoms with Crippen molar-refractivity contribution in [3.05, 3.63) is 63.2 Å². The van der Waals surface area contributed by atoms with Crippen LogP contribution >= 0.6 is 22.6 Å². The molecule has 0 radical (unpaired) electrons. The highest BCUT2D eigenvalue weighted by atomic mass is 127. The third-order valence-electron chi connectivity index (χ3n) is 2.85. The van der Waals surface area contributed by atoms with Crippen molar-refractivity contribution in [2.45, 2.75) is 18.9 Å². The van der Waals surface area contributed by atoms with Gasteiger partial charge < -0.3 is 9.84 Å². The van der Waals surface area contributed by atoms with Crippen molar-refractivity contribution < 1.29 is 23.0 Å². The number of hydrogen-bond acceptors (Lipinski definition) is 2. The number of aliphatic hydroxyl groups excluding tert-OH is 1. The summed E-state index contributed by atoms with van der Waals surface area (Å²) in [4.78, 5) is 0. The molecule has 0 fully saturated rings. The van der Waals surface area contributed by atoms with Crippen molar-refractivity contribution in [2.75, 3.05) is 0 Å². The molecule has 1 atom stereocenters. The fourth-order valence-electron chi connectivity index (χ4n) is 1.91. The van der Waals surface area contributed by atoms with Crippen LogP contribution in [0.3, 0.4) is 0 Å². The van der Waals surface area contributed by atoms with Gasteiger partial charge in [0.05, 0.1) is 6.10 Å². The molecule has 1 N–H and O–H groups in total. The number of halogens is 4. The Morgan fingerprint density at radius 2 is 1.67 bits per heavy atom. The molecule has 1 unspecified atom stereocenters. The topological polar surface area (TPSA) is 29.5 Å². The molecule has 6 heteroatoms. The first-order valence-corrected chi connectivity index (χ1v) is 7.20. The van der Waals surface area contributed by atoms with E-state index in [1.807, 2.05) is 24.3 Å². The predicted octanol–water partition coefficient (Wildman–Crippen LogP) is 4.47. The summed E-state index contributed by atoms with van der Waals surface area (Å²) in [5, 5.41) is 10.2. The van der Waals surface area contributed by atoms with Crippen LogP contribution < -0.4 is 4.74 Å². The summed E-state index contributed by atoms with van der Waals surface area (Å²) < 4.78 is 40.9. The molecule has 0 aliphatic rings. The Kier molecular flexibility index (Phi) is 5.10. The molecule has 2 aromatic carbocycles. The highest BCUT2D eigenvalue weighted by molar-refractivity contribution is 14.1. The number of rotatable bonds is 4. The van der Waals surface area contributed by atoms with Gasteiger partial charge in [0.25, 0.3) is 0 Å². The van der Waals surface area contributed by atoms with Gasteiger partial charge in [0.1, 0.15) is 5.75 Å². The average Bonchev–Trinajstić information content (AvgIpc) is 2.40. The van der Waals surface area contributed by atoms with E-state index in [2.05, 4.69) is 27.3 Å². The Hall–Kier alpha value is -1.28. The zero-order valence-corrected chi connectivity index (χ0v) is 12.9. The van der Waals surface area contributed by atoms with Crippen LogP contribution in [-0.2, 0) is 6.42 Å². The summed E-state index contributed by atoms with van der Waals surface area (Å²) in [5.41, 5.74) is 1.53. The molecule has 0 amide bonds. The van der Waals surface area contributed by atoms with E-state index in [-0.39, 0.29) is 5.75 Å². The standard InChI is InChI=1S/C15H12F3IO2/c16-15(17,18)21-11-7-5-10(6-8-11)9-14(20)12-3-1-2-4-13(12)19/h1-8,14,20H,9H2. The molecular weight excluding hydrogens is 396 g/mol. The second kappa shape index (κ2) is 6.65. The maximum atomic E-state index is 12.1. The number of benzene rings is 2. The van der Waals surface area contributed by atoms with Crippen LogP contribution in [0, 0.1) is 3.57 Å². The zero-order valence-electron chi connectivity index (χ0n) is 10.8. The predicted molar refractivity (Wildman–Crippen MR) is 80.9 cm³/mol. The van der Waals surface area contributed by atoms with Gasteiger partial charge in [0.15, 0.2) is 0 Å². The molecule has 2 rings (SSSR count). The first-order valence-electron chi connectivity index (χ1n) is 6.12. The molecule has 0 saturated carbocycles. The minimum absolute atomic E-state index is 0.268. The summed E-state index contributed by atoms with van der Waals surface area (Å²) in [6.07, 6.45) is -5.07. The molecule has 0 saturated heterocycles. The van der Waals surface area contributed by atoms with Crippen molar-refractivity contribution in [1.82, 2.24) is 0 Å². The van der Waals surface area contributed by atoms with E-state index in [1.54, 1.807) is 0 Å². The number of alkyl halides is 3. The summed E-state index contributed by atoms with van der Waals surface area (Å²) >= 11 is 2.13. The minimum Gasteiger partial charge on any atom is -0.406 e. The van der Waals surface area contributed by atoms with Crippen LogP contribution in [0.1, 0.15) is 17.2 Å². The van der Waals surface area contributed by atoms with E-state index < -0.39 is 12.5 Å². The maximum absolute atomic E-state index is 12.1. The molecule has 112 valence electrons. The maximum Gasteiger partial charge on any atom is 0.573 e. The lowest BCUT2D eigenvalue weighted by Gasteiger charge is -2.14. The van der Waals surface area contributed by atoms with Crippen LogP contribution in [0.15, 0.2) is 48.5 Å². The van der Waals surface area contributed by atoms with Gasteiger partial charge in [-0.15, -0.1) is 13.2 Å². The van der Waals surface area contributed by atoms with Gasteiger partial charge in [-0.05, 0) is 51.9 Å². The highest BCUT2D eigenvalue weighted by Crippen LogP contribution is 2.26. The molecule has 2 nitrogen and oxygen atoms in total. The molecule has 0 bridgehead atoms. The summed E-state index contributed by atoms with van der Waals surface area (Å²) in [7, 11) is 0. The van der Waals surface area contributed by atoms with E-state index in [0.717, 1.165) is 14.7 Å². The Morgan fingerprint density at radius 1 is 1.05 bits per heavy atom. The third kappa shape index (κ3) is 4.89. The van der Waals surface area contributed by atoms with Crippen LogP contribution in [0.2, 0.25) is 0 Å². The van der Waals surface area contributed by atoms with Crippen LogP contribution in [0.5, 0.6) is 5.75 Å². The summed E-state index contributed by atoms with van der Waals surface area (Å²) in [6, 6.07) is 12.9. The molecule has 0 aliphatic heterocycles. The monoisotopic (exact) mass is 408 g/mol. The van der Waals surface area contributed by atoms with Crippen molar-refractivity contribution in [1.29, 1.82) is 0 Å². The van der Waals surface area contributed by atoms with Gasteiger partial charge in [0, 0.05) is 9.99 Å². The lowest BCUT2D eigenvalue weighted by Crippen LogP contribution is -2.17. The normalized spacial score (nSPS) is 13.0. The fourth-order valence-corrected chi connectivity index (χ4v) is 2.65. The quantitative estimate of drug-likeness (QED) is 0.757. The average molecular weight is 408 g/mol. The fraction of sp³-hybridized carbons (Fsp3) is 0.200. The third-order valence-corrected chi connectivity index (χ3v) is 3.83. The van der Waals surface area contributed by atoms with Gasteiger partial charge in [0.2, 0.25) is 0 Å². The van der Waals surface area contributed by atoms with Crippen LogP contribution in [-0.4, -0.2) is 11.5 Å². The molecule has 2 aromatic rings. The SMILES string of the molecule is OC(Cc1ccc(OC(F)(F)F)cc1)c1ccccc1I. The molecule has 21 heavy (non-hydrogen) atoms. The molecular formula is C15H12F3IO2. The molecule has 0 aromatic heterocycles. The van der Waals surface area contributed by atoms with E-state index in [1.165, 1.54) is 24.3 Å². The number of hydrogen-bond donors (Lipinski definition) is 1. The smallest absolute Gasteiger partial charge is 0.406 e. The van der Waals surface area contributed by atoms with Gasteiger partial charge in [-0.1, -0.05) is 30.3 Å². The summed E-state index contributed by atoms with van der Waals surface area (Å²) in [6.45, 7) is 0. The van der Waals surface area contributed by atoms with Crippen LogP contribution in [0.4, 0.5) is 13.2 Å². The molecule has 0 heterocycles. The largest absolute Gasteiger partial charge is 0.573 e. The van der Waals surface area contributed by atoms with E-state index in [0.29, 0.717) is 6.42 Å². The first-order chi connectivity index (χ1) is 9.85. The Bertz CT molecular complexity index is 597. The van der Waals surface area contributed by atoms with Crippen molar-refractivity contribution in [3.8, 4) is 5.75 Å². The van der Waals surface area contributed by atoms with Gasteiger partial charge in [-0.3, -0.25) is 0 Å². The highest BCUT2D eigenvalue weighted by Gasteiger charge is 2.30. The van der Waals surface area contributed by atoms with Crippen molar-refractivity contribution in [3.63, 3.8) is 0 Å². The van der Waals surface area contributed by atoms with Crippen LogP contribution in [0.25, 0.3) is 0 Å². The second-order valence-corrected chi connectivity index (χ2v) is 5.60. The number of ether oxygens (including phenoxy) is 1. The van der Waals surface area contributed by atoms with E-state index in [4.69, 9.17) is 0 Å². The van der Waals surface area contributed by atoms with E-state index >= 15 is 0 Å².